The number of nitrogens with one attached hydrogen (secondary N) is 1. The predicted octanol–water partition coefficient (Wildman–Crippen LogP) is 1.95. The minimum atomic E-state index is 0.389. The minimum Gasteiger partial charge on any atom is -0.398 e. The maximum absolute atomic E-state index is 5.84. The molecule has 88 valence electrons. The molecule has 1 heterocycles. The average Bonchev–Trinajstić information content (AvgIpc) is 2.71. The van der Waals surface area contributed by atoms with Gasteiger partial charge in [-0.05, 0) is 31.7 Å². The van der Waals surface area contributed by atoms with Crippen LogP contribution in [0.2, 0.25) is 0 Å². The number of nitrogens with zero attached hydrogens (tertiary/aromatic N) is 1. The largest absolute Gasteiger partial charge is 0.398 e. The first-order valence-electron chi connectivity index (χ1n) is 5.70. The van der Waals surface area contributed by atoms with Crippen LogP contribution in [0.4, 0.5) is 11.5 Å². The van der Waals surface area contributed by atoms with E-state index in [9.17, 15) is 0 Å². The van der Waals surface area contributed by atoms with Gasteiger partial charge in [0.05, 0.1) is 6.10 Å². The molecule has 0 amide bonds. The third-order valence-electron chi connectivity index (χ3n) is 3.21. The zero-order chi connectivity index (χ0) is 11.5. The van der Waals surface area contributed by atoms with Crippen molar-refractivity contribution in [1.82, 2.24) is 4.98 Å². The Bertz CT molecular complexity index is 367. The summed E-state index contributed by atoms with van der Waals surface area (Å²) in [6, 6.07) is 2.36. The van der Waals surface area contributed by atoms with Crippen molar-refractivity contribution < 1.29 is 4.74 Å². The molecule has 1 aliphatic rings. The van der Waals surface area contributed by atoms with Crippen LogP contribution in [0.3, 0.4) is 0 Å². The van der Waals surface area contributed by atoms with Gasteiger partial charge in [0.2, 0.25) is 0 Å². The molecule has 0 radical (unpaired) electrons. The minimum absolute atomic E-state index is 0.389. The van der Waals surface area contributed by atoms with Gasteiger partial charge in [0.1, 0.15) is 5.82 Å². The maximum atomic E-state index is 5.84. The van der Waals surface area contributed by atoms with Crippen molar-refractivity contribution in [3.05, 3.63) is 17.8 Å². The van der Waals surface area contributed by atoms with Crippen LogP contribution in [0.1, 0.15) is 24.8 Å². The van der Waals surface area contributed by atoms with Crippen molar-refractivity contribution in [2.45, 2.75) is 38.3 Å². The number of ether oxygens (including phenoxy) is 1. The summed E-state index contributed by atoms with van der Waals surface area (Å²) in [7, 11) is 1.77. The zero-order valence-corrected chi connectivity index (χ0v) is 9.86. The Morgan fingerprint density at radius 1 is 1.50 bits per heavy atom. The smallest absolute Gasteiger partial charge is 0.128 e. The van der Waals surface area contributed by atoms with E-state index in [2.05, 4.69) is 10.3 Å². The number of methoxy groups -OCH3 is 1. The Hall–Kier alpha value is -1.29. The van der Waals surface area contributed by atoms with Gasteiger partial charge in [-0.15, -0.1) is 0 Å². The van der Waals surface area contributed by atoms with E-state index in [0.29, 0.717) is 12.1 Å². The van der Waals surface area contributed by atoms with Crippen LogP contribution in [0.15, 0.2) is 12.3 Å². The fourth-order valence-corrected chi connectivity index (χ4v) is 2.11. The lowest BCUT2D eigenvalue weighted by molar-refractivity contribution is 0.108. The molecule has 0 aliphatic heterocycles. The molecule has 3 N–H and O–H groups in total. The van der Waals surface area contributed by atoms with Crippen molar-refractivity contribution >= 4 is 11.5 Å². The Morgan fingerprint density at radius 3 is 2.94 bits per heavy atom. The number of nitrogens with two attached hydrogens (primary N) is 1. The number of hydrogen-bond acceptors (Lipinski definition) is 4. The van der Waals surface area contributed by atoms with Crippen LogP contribution in [0, 0.1) is 6.92 Å². The van der Waals surface area contributed by atoms with Gasteiger partial charge in [0, 0.05) is 31.1 Å². The van der Waals surface area contributed by atoms with Gasteiger partial charge in [-0.1, -0.05) is 0 Å². The van der Waals surface area contributed by atoms with E-state index in [1.165, 1.54) is 0 Å². The number of aromatic nitrogens is 1. The van der Waals surface area contributed by atoms with E-state index in [-0.39, 0.29) is 0 Å². The summed E-state index contributed by atoms with van der Waals surface area (Å²) in [6.07, 6.45) is 5.50. The Labute approximate surface area is 96.2 Å². The molecule has 2 unspecified atom stereocenters. The van der Waals surface area contributed by atoms with Gasteiger partial charge in [-0.3, -0.25) is 0 Å². The highest BCUT2D eigenvalue weighted by atomic mass is 16.5. The Balaban J connectivity index is 1.97. The number of hydrogen-bond donors (Lipinski definition) is 2. The fourth-order valence-electron chi connectivity index (χ4n) is 2.11. The number of anilines is 2. The molecule has 1 aromatic rings. The van der Waals surface area contributed by atoms with Crippen LogP contribution in [-0.4, -0.2) is 24.2 Å². The summed E-state index contributed by atoms with van der Waals surface area (Å²) in [6.45, 7) is 1.96. The summed E-state index contributed by atoms with van der Waals surface area (Å²) < 4.78 is 5.34. The van der Waals surface area contributed by atoms with Gasteiger partial charge < -0.3 is 15.8 Å². The SMILES string of the molecule is COC1CCC(Nc2cc(N)c(C)cn2)C1. The van der Waals surface area contributed by atoms with Gasteiger partial charge in [0.25, 0.3) is 0 Å². The zero-order valence-electron chi connectivity index (χ0n) is 9.86. The second-order valence-corrected chi connectivity index (χ2v) is 4.44. The average molecular weight is 221 g/mol. The van der Waals surface area contributed by atoms with E-state index < -0.39 is 0 Å². The molecule has 2 rings (SSSR count). The molecule has 0 saturated heterocycles. The summed E-state index contributed by atoms with van der Waals surface area (Å²) in [5.74, 6) is 0.866. The number of nitrogen functional groups attached to an aromatic ring is 1. The molecule has 0 aromatic carbocycles. The van der Waals surface area contributed by atoms with Gasteiger partial charge >= 0.3 is 0 Å². The van der Waals surface area contributed by atoms with Gasteiger partial charge in [-0.2, -0.15) is 0 Å². The van der Waals surface area contributed by atoms with Crippen molar-refractivity contribution in [3.8, 4) is 0 Å². The van der Waals surface area contributed by atoms with Crippen LogP contribution in [-0.2, 0) is 4.74 Å². The van der Waals surface area contributed by atoms with E-state index in [4.69, 9.17) is 10.5 Å². The molecule has 0 bridgehead atoms. The predicted molar refractivity (Wildman–Crippen MR) is 65.4 cm³/mol. The van der Waals surface area contributed by atoms with Gasteiger partial charge in [-0.25, -0.2) is 4.98 Å². The molecule has 2 atom stereocenters. The maximum Gasteiger partial charge on any atom is 0.128 e. The molecule has 4 heteroatoms. The topological polar surface area (TPSA) is 60.2 Å². The van der Waals surface area contributed by atoms with Crippen LogP contribution in [0.5, 0.6) is 0 Å². The number of pyridine rings is 1. The highest BCUT2D eigenvalue weighted by Gasteiger charge is 2.24. The van der Waals surface area contributed by atoms with Crippen molar-refractivity contribution in [2.24, 2.45) is 0 Å². The summed E-state index contributed by atoms with van der Waals surface area (Å²) >= 11 is 0. The van der Waals surface area contributed by atoms with Crippen molar-refractivity contribution in [3.63, 3.8) is 0 Å². The lowest BCUT2D eigenvalue weighted by Gasteiger charge is -2.14. The summed E-state index contributed by atoms with van der Waals surface area (Å²) in [5, 5.41) is 3.40. The molecular weight excluding hydrogens is 202 g/mol. The monoisotopic (exact) mass is 221 g/mol. The van der Waals surface area contributed by atoms with Crippen LogP contribution >= 0.6 is 0 Å². The third kappa shape index (κ3) is 2.44. The fraction of sp³-hybridized carbons (Fsp3) is 0.583. The molecule has 1 aromatic heterocycles. The van der Waals surface area contributed by atoms with E-state index in [1.54, 1.807) is 13.3 Å². The molecule has 1 aliphatic carbocycles. The number of rotatable bonds is 3. The normalized spacial score (nSPS) is 24.6. The molecular formula is C12H19N3O. The number of aryl methyl sites for hydroxylation is 1. The quantitative estimate of drug-likeness (QED) is 0.819. The first kappa shape index (κ1) is 11.2. The Kier molecular flexibility index (Phi) is 3.29. The molecule has 16 heavy (non-hydrogen) atoms. The molecule has 1 saturated carbocycles. The van der Waals surface area contributed by atoms with Crippen molar-refractivity contribution in [1.29, 1.82) is 0 Å². The molecule has 4 nitrogen and oxygen atoms in total. The van der Waals surface area contributed by atoms with E-state index in [0.717, 1.165) is 36.3 Å². The van der Waals surface area contributed by atoms with E-state index in [1.807, 2.05) is 13.0 Å². The standard InChI is InChI=1S/C12H19N3O/c1-8-7-14-12(6-11(8)13)15-9-3-4-10(5-9)16-2/h6-7,9-10H,3-5H2,1-2H3,(H3,13,14,15). The third-order valence-corrected chi connectivity index (χ3v) is 3.21. The van der Waals surface area contributed by atoms with Crippen LogP contribution < -0.4 is 11.1 Å². The molecule has 0 spiro atoms. The Morgan fingerprint density at radius 2 is 2.31 bits per heavy atom. The lowest BCUT2D eigenvalue weighted by Crippen LogP contribution is -2.18. The highest BCUT2D eigenvalue weighted by Crippen LogP contribution is 2.25. The summed E-state index contributed by atoms with van der Waals surface area (Å²) in [4.78, 5) is 4.32. The van der Waals surface area contributed by atoms with Crippen LogP contribution in [0.25, 0.3) is 0 Å². The molecule has 1 fully saturated rings. The van der Waals surface area contributed by atoms with Gasteiger partial charge in [0.15, 0.2) is 0 Å². The first-order chi connectivity index (χ1) is 7.69. The van der Waals surface area contributed by atoms with E-state index >= 15 is 0 Å². The second-order valence-electron chi connectivity index (χ2n) is 4.44. The summed E-state index contributed by atoms with van der Waals surface area (Å²) in [5.41, 5.74) is 7.65. The van der Waals surface area contributed by atoms with Crippen molar-refractivity contribution in [2.75, 3.05) is 18.2 Å². The first-order valence-corrected chi connectivity index (χ1v) is 5.70. The lowest BCUT2D eigenvalue weighted by atomic mass is 10.2. The highest BCUT2D eigenvalue weighted by molar-refractivity contribution is 5.53. The second kappa shape index (κ2) is 4.70.